The molecule has 3 atom stereocenters. The van der Waals surface area contributed by atoms with E-state index in [1.54, 1.807) is 0 Å². The number of hydrogen-bond donors (Lipinski definition) is 1. The number of hydrogen-bond acceptors (Lipinski definition) is 8. The highest BCUT2D eigenvalue weighted by Crippen LogP contribution is 2.27. The molecule has 0 heterocycles. The third kappa shape index (κ3) is 8.44. The van der Waals surface area contributed by atoms with Gasteiger partial charge in [0.15, 0.2) is 12.2 Å². The predicted octanol–water partition coefficient (Wildman–Crippen LogP) is 3.42. The Bertz CT molecular complexity index is 1130. The molecule has 0 fully saturated rings. The van der Waals surface area contributed by atoms with Crippen LogP contribution in [0.25, 0.3) is 11.1 Å². The van der Waals surface area contributed by atoms with Gasteiger partial charge in [0.2, 0.25) is 0 Å². The third-order valence-electron chi connectivity index (χ3n) is 4.79. The lowest BCUT2D eigenvalue weighted by atomic mass is 9.91. The quantitative estimate of drug-likeness (QED) is 0.504. The average molecular weight is 479 g/mol. The summed E-state index contributed by atoms with van der Waals surface area (Å²) in [4.78, 5) is 44.5. The topological polar surface area (TPSA) is 140 Å². The lowest BCUT2D eigenvalue weighted by Gasteiger charge is -2.34. The van der Waals surface area contributed by atoms with Gasteiger partial charge in [-0.05, 0) is 29.3 Å². The Morgan fingerprint density at radius 1 is 0.829 bits per heavy atom. The molecule has 2 aromatic carbocycles. The summed E-state index contributed by atoms with van der Waals surface area (Å²) in [5.74, 6) is -3.24. The van der Waals surface area contributed by atoms with Crippen LogP contribution in [-0.4, -0.2) is 47.3 Å². The largest absolute Gasteiger partial charge is 0.478 e. The van der Waals surface area contributed by atoms with E-state index in [4.69, 9.17) is 24.6 Å². The maximum absolute atomic E-state index is 11.1. The highest BCUT2D eigenvalue weighted by molar-refractivity contribution is 5.87. The summed E-state index contributed by atoms with van der Waals surface area (Å²) in [5.41, 5.74) is 2.93. The average Bonchev–Trinajstić information content (AvgIpc) is 2.81. The zero-order chi connectivity index (χ0) is 26.0. The number of nitriles is 1. The Hall–Kier alpha value is -4.45. The molecule has 0 saturated heterocycles. The maximum Gasteiger partial charge on any atom is 0.331 e. The van der Waals surface area contributed by atoms with Crippen molar-refractivity contribution < 1.29 is 38.5 Å². The molecule has 0 bridgehead atoms. The van der Waals surface area contributed by atoms with Crippen LogP contribution in [0.4, 0.5) is 0 Å². The standard InChI is InChI=1S/C13H9N.C13H16O8/c14-10-11-6-8-13(9-7-11)12-4-2-1-3-5-12;1-6(14)19-10-4-9(13(17)18)5-11(20-7(2)15)12(10)21-8(3)16/h1-9H;4,10-12H,5H2,1-3H3,(H,17,18)/t;10-,11-,12-/m.1/s1. The summed E-state index contributed by atoms with van der Waals surface area (Å²) in [5, 5.41) is 17.7. The molecule has 0 saturated carbocycles. The number of ether oxygens (including phenoxy) is 3. The van der Waals surface area contributed by atoms with Crippen LogP contribution in [0.1, 0.15) is 32.8 Å². The summed E-state index contributed by atoms with van der Waals surface area (Å²) < 4.78 is 15.0. The van der Waals surface area contributed by atoms with Crippen LogP contribution in [0.5, 0.6) is 0 Å². The monoisotopic (exact) mass is 479 g/mol. The zero-order valence-electron chi connectivity index (χ0n) is 19.5. The van der Waals surface area contributed by atoms with Gasteiger partial charge in [0.25, 0.3) is 0 Å². The van der Waals surface area contributed by atoms with Gasteiger partial charge >= 0.3 is 23.9 Å². The smallest absolute Gasteiger partial charge is 0.331 e. The molecule has 2 aromatic rings. The van der Waals surface area contributed by atoms with E-state index in [-0.39, 0.29) is 12.0 Å². The fourth-order valence-corrected chi connectivity index (χ4v) is 3.38. The van der Waals surface area contributed by atoms with E-state index < -0.39 is 42.2 Å². The van der Waals surface area contributed by atoms with E-state index in [0.717, 1.165) is 26.3 Å². The van der Waals surface area contributed by atoms with Crippen LogP contribution in [0.15, 0.2) is 66.2 Å². The van der Waals surface area contributed by atoms with E-state index in [1.165, 1.54) is 11.6 Å². The summed E-state index contributed by atoms with van der Waals surface area (Å²) in [6.07, 6.45) is -2.22. The molecule has 35 heavy (non-hydrogen) atoms. The van der Waals surface area contributed by atoms with Crippen molar-refractivity contribution in [1.82, 2.24) is 0 Å². The number of carboxylic acid groups (broad SMARTS) is 1. The summed E-state index contributed by atoms with van der Waals surface area (Å²) in [7, 11) is 0. The molecule has 0 amide bonds. The molecule has 9 nitrogen and oxygen atoms in total. The van der Waals surface area contributed by atoms with Gasteiger partial charge in [-0.15, -0.1) is 0 Å². The van der Waals surface area contributed by atoms with Crippen molar-refractivity contribution in [2.75, 3.05) is 0 Å². The molecule has 1 aliphatic rings. The lowest BCUT2D eigenvalue weighted by Crippen LogP contribution is -2.47. The molecule has 3 rings (SSSR count). The number of carbonyl (C=O) groups excluding carboxylic acids is 3. The molecule has 1 aliphatic carbocycles. The fraction of sp³-hybridized carbons (Fsp3) is 0.269. The Morgan fingerprint density at radius 2 is 1.37 bits per heavy atom. The maximum atomic E-state index is 11.1. The molecule has 182 valence electrons. The second-order valence-electron chi connectivity index (χ2n) is 7.55. The molecule has 0 aromatic heterocycles. The van der Waals surface area contributed by atoms with Crippen molar-refractivity contribution in [2.24, 2.45) is 0 Å². The van der Waals surface area contributed by atoms with Gasteiger partial charge < -0.3 is 19.3 Å². The van der Waals surface area contributed by atoms with E-state index >= 15 is 0 Å². The van der Waals surface area contributed by atoms with Crippen molar-refractivity contribution in [3.63, 3.8) is 0 Å². The number of rotatable bonds is 5. The Labute approximate surface area is 202 Å². The van der Waals surface area contributed by atoms with Crippen LogP contribution in [0.3, 0.4) is 0 Å². The number of nitrogens with zero attached hydrogens (tertiary/aromatic N) is 1. The van der Waals surface area contributed by atoms with Crippen LogP contribution >= 0.6 is 0 Å². The highest BCUT2D eigenvalue weighted by Gasteiger charge is 2.41. The first kappa shape index (κ1) is 26.8. The molecule has 0 aliphatic heterocycles. The minimum Gasteiger partial charge on any atom is -0.478 e. The number of carbonyl (C=O) groups is 4. The summed E-state index contributed by atoms with van der Waals surface area (Å²) in [6, 6.07) is 19.8. The van der Waals surface area contributed by atoms with E-state index in [9.17, 15) is 19.2 Å². The Morgan fingerprint density at radius 3 is 1.86 bits per heavy atom. The van der Waals surface area contributed by atoms with Gasteiger partial charge in [-0.25, -0.2) is 4.79 Å². The van der Waals surface area contributed by atoms with Gasteiger partial charge in [-0.1, -0.05) is 42.5 Å². The normalized spacial score (nSPS) is 18.5. The van der Waals surface area contributed by atoms with Gasteiger partial charge in [-0.3, -0.25) is 14.4 Å². The minimum atomic E-state index is -1.23. The third-order valence-corrected chi connectivity index (χ3v) is 4.79. The minimum absolute atomic E-state index is 0.0871. The van der Waals surface area contributed by atoms with Gasteiger partial charge in [-0.2, -0.15) is 5.26 Å². The molecular weight excluding hydrogens is 454 g/mol. The van der Waals surface area contributed by atoms with Crippen LogP contribution in [0.2, 0.25) is 0 Å². The highest BCUT2D eigenvalue weighted by atomic mass is 16.6. The van der Waals surface area contributed by atoms with E-state index in [2.05, 4.69) is 18.2 Å². The molecular formula is C26H25NO8. The lowest BCUT2D eigenvalue weighted by molar-refractivity contribution is -0.180. The zero-order valence-corrected chi connectivity index (χ0v) is 19.5. The first-order chi connectivity index (χ1) is 16.6. The first-order valence-electron chi connectivity index (χ1n) is 10.6. The van der Waals surface area contributed by atoms with E-state index in [1.807, 2.05) is 42.5 Å². The van der Waals surface area contributed by atoms with Crippen LogP contribution in [-0.2, 0) is 33.4 Å². The SMILES string of the molecule is CC(=O)O[C@@H]1[C@H](OC(C)=O)C=C(C(=O)O)C[C@H]1OC(C)=O.N#Cc1ccc(-c2ccccc2)cc1. The second-order valence-corrected chi connectivity index (χ2v) is 7.55. The van der Waals surface area contributed by atoms with Crippen molar-refractivity contribution >= 4 is 23.9 Å². The Balaban J connectivity index is 0.000000266. The number of esters is 3. The number of benzene rings is 2. The first-order valence-corrected chi connectivity index (χ1v) is 10.6. The molecule has 1 N–H and O–H groups in total. The summed E-state index contributed by atoms with van der Waals surface area (Å²) in [6.45, 7) is 3.42. The molecule has 0 spiro atoms. The summed E-state index contributed by atoms with van der Waals surface area (Å²) >= 11 is 0. The fourth-order valence-electron chi connectivity index (χ4n) is 3.38. The Kier molecular flexibility index (Phi) is 9.72. The molecule has 9 heteroatoms. The van der Waals surface area contributed by atoms with E-state index in [0.29, 0.717) is 5.56 Å². The molecule has 0 radical (unpaired) electrons. The van der Waals surface area contributed by atoms with Crippen molar-refractivity contribution in [3.8, 4) is 17.2 Å². The van der Waals surface area contributed by atoms with Crippen LogP contribution in [0, 0.1) is 11.3 Å². The van der Waals surface area contributed by atoms with Crippen molar-refractivity contribution in [1.29, 1.82) is 5.26 Å². The van der Waals surface area contributed by atoms with Crippen molar-refractivity contribution in [3.05, 3.63) is 71.8 Å². The van der Waals surface area contributed by atoms with Gasteiger partial charge in [0.05, 0.1) is 11.6 Å². The number of aliphatic carboxylic acids is 1. The van der Waals surface area contributed by atoms with Gasteiger partial charge in [0.1, 0.15) is 6.10 Å². The molecule has 0 unspecified atom stereocenters. The van der Waals surface area contributed by atoms with Gasteiger partial charge in [0, 0.05) is 32.8 Å². The van der Waals surface area contributed by atoms with Crippen LogP contribution < -0.4 is 0 Å². The number of carboxylic acids is 1. The second kappa shape index (κ2) is 12.7. The van der Waals surface area contributed by atoms with Crippen molar-refractivity contribution in [2.45, 2.75) is 45.5 Å². The predicted molar refractivity (Wildman–Crippen MR) is 124 cm³/mol.